The maximum absolute atomic E-state index is 12.0. The Morgan fingerprint density at radius 1 is 1.28 bits per heavy atom. The predicted octanol–water partition coefficient (Wildman–Crippen LogP) is 3.38. The largest absolute Gasteiger partial charge is 0.325 e. The SMILES string of the molecule is Cc1ccc(-c2nc(SCC(=O)Nc3cccc(C#N)c3)n[nH]2)cc1. The van der Waals surface area contributed by atoms with E-state index < -0.39 is 0 Å². The number of hydrogen-bond donors (Lipinski definition) is 2. The molecule has 0 aliphatic carbocycles. The molecule has 1 aromatic heterocycles. The molecular formula is C18H15N5OS. The van der Waals surface area contributed by atoms with Crippen LogP contribution in [0.1, 0.15) is 11.1 Å². The lowest BCUT2D eigenvalue weighted by molar-refractivity contribution is -0.113. The molecular weight excluding hydrogens is 334 g/mol. The summed E-state index contributed by atoms with van der Waals surface area (Å²) >= 11 is 1.25. The summed E-state index contributed by atoms with van der Waals surface area (Å²) in [4.78, 5) is 16.4. The van der Waals surface area contributed by atoms with Gasteiger partial charge in [-0.15, -0.1) is 5.10 Å². The molecule has 2 N–H and O–H groups in total. The second-order valence-corrected chi connectivity index (χ2v) is 6.30. The Morgan fingerprint density at radius 2 is 2.08 bits per heavy atom. The highest BCUT2D eigenvalue weighted by Crippen LogP contribution is 2.20. The van der Waals surface area contributed by atoms with Crippen LogP contribution in [0.4, 0.5) is 5.69 Å². The number of nitrogens with one attached hydrogen (secondary N) is 2. The van der Waals surface area contributed by atoms with E-state index in [0.29, 0.717) is 22.2 Å². The number of thioether (sulfide) groups is 1. The van der Waals surface area contributed by atoms with Crippen molar-refractivity contribution < 1.29 is 4.79 Å². The van der Waals surface area contributed by atoms with Crippen LogP contribution in [0, 0.1) is 18.3 Å². The molecule has 0 unspecified atom stereocenters. The third-order valence-electron chi connectivity index (χ3n) is 3.40. The summed E-state index contributed by atoms with van der Waals surface area (Å²) in [6.07, 6.45) is 0. The lowest BCUT2D eigenvalue weighted by Gasteiger charge is -2.03. The van der Waals surface area contributed by atoms with E-state index in [1.807, 2.05) is 37.3 Å². The second-order valence-electron chi connectivity index (χ2n) is 5.36. The number of benzene rings is 2. The van der Waals surface area contributed by atoms with Crippen molar-refractivity contribution in [2.45, 2.75) is 12.1 Å². The van der Waals surface area contributed by atoms with Gasteiger partial charge < -0.3 is 5.32 Å². The minimum absolute atomic E-state index is 0.179. The van der Waals surface area contributed by atoms with Crippen LogP contribution in [0.3, 0.4) is 0 Å². The summed E-state index contributed by atoms with van der Waals surface area (Å²) < 4.78 is 0. The zero-order valence-electron chi connectivity index (χ0n) is 13.5. The molecule has 1 heterocycles. The van der Waals surface area contributed by atoms with Crippen molar-refractivity contribution in [2.75, 3.05) is 11.1 Å². The van der Waals surface area contributed by atoms with Crippen LogP contribution in [0.25, 0.3) is 11.4 Å². The third kappa shape index (κ3) is 4.46. The van der Waals surface area contributed by atoms with E-state index in [2.05, 4.69) is 20.5 Å². The molecule has 0 spiro atoms. The molecule has 1 amide bonds. The average Bonchev–Trinajstić information content (AvgIpc) is 3.10. The maximum Gasteiger partial charge on any atom is 0.234 e. The Morgan fingerprint density at radius 3 is 2.84 bits per heavy atom. The van der Waals surface area contributed by atoms with Gasteiger partial charge in [0.05, 0.1) is 17.4 Å². The van der Waals surface area contributed by atoms with Crippen LogP contribution in [-0.4, -0.2) is 26.8 Å². The van der Waals surface area contributed by atoms with Crippen molar-refractivity contribution in [1.82, 2.24) is 15.2 Å². The number of carbonyl (C=O) groups excluding carboxylic acids is 1. The molecule has 7 heteroatoms. The Balaban J connectivity index is 1.57. The van der Waals surface area contributed by atoms with E-state index in [0.717, 1.165) is 5.56 Å². The van der Waals surface area contributed by atoms with Crippen LogP contribution >= 0.6 is 11.8 Å². The number of anilines is 1. The molecule has 3 aromatic rings. The third-order valence-corrected chi connectivity index (χ3v) is 4.24. The number of rotatable bonds is 5. The van der Waals surface area contributed by atoms with Gasteiger partial charge in [0.1, 0.15) is 0 Å². The van der Waals surface area contributed by atoms with E-state index in [1.54, 1.807) is 24.3 Å². The first kappa shape index (κ1) is 16.7. The quantitative estimate of drug-likeness (QED) is 0.689. The zero-order chi connectivity index (χ0) is 17.6. The van der Waals surface area contributed by atoms with Gasteiger partial charge in [-0.2, -0.15) is 5.26 Å². The summed E-state index contributed by atoms with van der Waals surface area (Å²) in [5.74, 6) is 0.675. The highest BCUT2D eigenvalue weighted by molar-refractivity contribution is 7.99. The van der Waals surface area contributed by atoms with Crippen molar-refractivity contribution in [2.24, 2.45) is 0 Å². The molecule has 3 rings (SSSR count). The molecule has 6 nitrogen and oxygen atoms in total. The molecule has 0 radical (unpaired) electrons. The molecule has 0 atom stereocenters. The van der Waals surface area contributed by atoms with Gasteiger partial charge >= 0.3 is 0 Å². The first-order valence-electron chi connectivity index (χ1n) is 7.56. The van der Waals surface area contributed by atoms with Crippen LogP contribution < -0.4 is 5.32 Å². The highest BCUT2D eigenvalue weighted by atomic mass is 32.2. The first-order valence-corrected chi connectivity index (χ1v) is 8.55. The second kappa shape index (κ2) is 7.64. The molecule has 0 fully saturated rings. The molecule has 0 saturated heterocycles. The number of aromatic amines is 1. The average molecular weight is 349 g/mol. The summed E-state index contributed by atoms with van der Waals surface area (Å²) in [5.41, 5.74) is 3.22. The number of nitriles is 1. The molecule has 0 saturated carbocycles. The van der Waals surface area contributed by atoms with Crippen molar-refractivity contribution >= 4 is 23.4 Å². The standard InChI is InChI=1S/C18H15N5OS/c1-12-5-7-14(8-6-12)17-21-18(23-22-17)25-11-16(24)20-15-4-2-3-13(9-15)10-19/h2-9H,11H2,1H3,(H,20,24)(H,21,22,23). The van der Waals surface area contributed by atoms with Gasteiger partial charge in [-0.25, -0.2) is 4.98 Å². The molecule has 0 aliphatic rings. The summed E-state index contributed by atoms with van der Waals surface area (Å²) in [6, 6.07) is 16.8. The monoisotopic (exact) mass is 349 g/mol. The van der Waals surface area contributed by atoms with Crippen molar-refractivity contribution in [3.8, 4) is 17.5 Å². The van der Waals surface area contributed by atoms with E-state index >= 15 is 0 Å². The molecule has 0 bridgehead atoms. The van der Waals surface area contributed by atoms with Crippen molar-refractivity contribution in [1.29, 1.82) is 5.26 Å². The lowest BCUT2D eigenvalue weighted by Crippen LogP contribution is -2.14. The molecule has 124 valence electrons. The fraction of sp³-hybridized carbons (Fsp3) is 0.111. The number of aryl methyl sites for hydroxylation is 1. The van der Waals surface area contributed by atoms with Gasteiger partial charge in [0, 0.05) is 11.3 Å². The smallest absolute Gasteiger partial charge is 0.234 e. The van der Waals surface area contributed by atoms with E-state index in [4.69, 9.17) is 5.26 Å². The lowest BCUT2D eigenvalue weighted by atomic mass is 10.1. The van der Waals surface area contributed by atoms with Gasteiger partial charge in [0.2, 0.25) is 11.1 Å². The Kier molecular flexibility index (Phi) is 5.11. The Labute approximate surface area is 149 Å². The number of H-pyrrole nitrogens is 1. The van der Waals surface area contributed by atoms with Gasteiger partial charge in [0.15, 0.2) is 5.82 Å². The van der Waals surface area contributed by atoms with Crippen LogP contribution in [0.2, 0.25) is 0 Å². The maximum atomic E-state index is 12.0. The van der Waals surface area contributed by atoms with Gasteiger partial charge in [-0.3, -0.25) is 9.89 Å². The minimum Gasteiger partial charge on any atom is -0.325 e. The molecule has 0 aliphatic heterocycles. The number of nitrogens with zero attached hydrogens (tertiary/aromatic N) is 3. The van der Waals surface area contributed by atoms with Crippen LogP contribution in [-0.2, 0) is 4.79 Å². The van der Waals surface area contributed by atoms with E-state index in [9.17, 15) is 4.79 Å². The minimum atomic E-state index is -0.179. The fourth-order valence-electron chi connectivity index (χ4n) is 2.15. The number of amides is 1. The topological polar surface area (TPSA) is 94.5 Å². The number of carbonyl (C=O) groups is 1. The summed E-state index contributed by atoms with van der Waals surface area (Å²) in [5, 5.41) is 19.1. The predicted molar refractivity (Wildman–Crippen MR) is 97.1 cm³/mol. The number of aromatic nitrogens is 3. The Hall–Kier alpha value is -3.11. The normalized spacial score (nSPS) is 10.2. The van der Waals surface area contributed by atoms with E-state index in [1.165, 1.54) is 17.3 Å². The van der Waals surface area contributed by atoms with Crippen LogP contribution in [0.5, 0.6) is 0 Å². The van der Waals surface area contributed by atoms with Crippen LogP contribution in [0.15, 0.2) is 53.7 Å². The zero-order valence-corrected chi connectivity index (χ0v) is 14.3. The van der Waals surface area contributed by atoms with Crippen molar-refractivity contribution in [3.05, 3.63) is 59.7 Å². The van der Waals surface area contributed by atoms with Crippen molar-refractivity contribution in [3.63, 3.8) is 0 Å². The fourth-order valence-corrected chi connectivity index (χ4v) is 2.74. The molecule has 25 heavy (non-hydrogen) atoms. The summed E-state index contributed by atoms with van der Waals surface area (Å²) in [6.45, 7) is 2.02. The van der Waals surface area contributed by atoms with E-state index in [-0.39, 0.29) is 11.7 Å². The molecule has 2 aromatic carbocycles. The van der Waals surface area contributed by atoms with Gasteiger partial charge in [0.25, 0.3) is 0 Å². The van der Waals surface area contributed by atoms with Gasteiger partial charge in [-0.1, -0.05) is 47.7 Å². The number of hydrogen-bond acceptors (Lipinski definition) is 5. The summed E-state index contributed by atoms with van der Waals surface area (Å²) in [7, 11) is 0. The first-order chi connectivity index (χ1) is 12.1. The Bertz CT molecular complexity index is 927. The highest BCUT2D eigenvalue weighted by Gasteiger charge is 2.09. The van der Waals surface area contributed by atoms with Gasteiger partial charge in [-0.05, 0) is 25.1 Å².